The van der Waals surface area contributed by atoms with Crippen molar-refractivity contribution in [3.63, 3.8) is 0 Å². The Labute approximate surface area is 151 Å². The number of benzene rings is 1. The highest BCUT2D eigenvalue weighted by Crippen LogP contribution is 2.24. The number of allylic oxidation sites excluding steroid dienone is 4. The topological polar surface area (TPSA) is 58.6 Å². The molecule has 0 unspecified atom stereocenters. The van der Waals surface area contributed by atoms with Gasteiger partial charge in [0.05, 0.1) is 5.76 Å². The van der Waals surface area contributed by atoms with Crippen molar-refractivity contribution in [3.05, 3.63) is 52.8 Å². The van der Waals surface area contributed by atoms with Gasteiger partial charge in [0.1, 0.15) is 5.60 Å². The van der Waals surface area contributed by atoms with E-state index in [1.807, 2.05) is 58.0 Å². The van der Waals surface area contributed by atoms with Gasteiger partial charge in [-0.2, -0.15) is 0 Å². The Morgan fingerprint density at radius 2 is 1.92 bits per heavy atom. The summed E-state index contributed by atoms with van der Waals surface area (Å²) >= 11 is 0. The Bertz CT molecular complexity index is 651. The lowest BCUT2D eigenvalue weighted by atomic mass is 9.98. The molecule has 4 heteroatoms. The number of carbonyl (C=O) groups excluding carboxylic acids is 1. The van der Waals surface area contributed by atoms with Gasteiger partial charge in [0.15, 0.2) is 0 Å². The van der Waals surface area contributed by atoms with E-state index in [1.54, 1.807) is 0 Å². The molecule has 0 bridgehead atoms. The zero-order valence-corrected chi connectivity index (χ0v) is 16.3. The molecular formula is C21H31NO3. The number of aliphatic hydroxyl groups excluding tert-OH is 1. The summed E-state index contributed by atoms with van der Waals surface area (Å²) in [5, 5.41) is 13.1. The van der Waals surface area contributed by atoms with Gasteiger partial charge in [-0.05, 0) is 51.3 Å². The fourth-order valence-corrected chi connectivity index (χ4v) is 2.21. The van der Waals surface area contributed by atoms with E-state index in [0.29, 0.717) is 18.7 Å². The van der Waals surface area contributed by atoms with E-state index in [-0.39, 0.29) is 0 Å². The van der Waals surface area contributed by atoms with Gasteiger partial charge in [-0.1, -0.05) is 43.7 Å². The van der Waals surface area contributed by atoms with Crippen LogP contribution in [0.2, 0.25) is 0 Å². The summed E-state index contributed by atoms with van der Waals surface area (Å²) in [5.41, 5.74) is 3.41. The molecule has 0 saturated carbocycles. The molecule has 0 fully saturated rings. The lowest BCUT2D eigenvalue weighted by Gasteiger charge is -2.19. The molecule has 0 aliphatic rings. The Hall–Kier alpha value is -2.23. The molecule has 25 heavy (non-hydrogen) atoms. The minimum absolute atomic E-state index is 0.366. The number of ether oxygens (including phenoxy) is 1. The van der Waals surface area contributed by atoms with Crippen LogP contribution in [0.25, 0.3) is 5.57 Å². The lowest BCUT2D eigenvalue weighted by Crippen LogP contribution is -2.32. The summed E-state index contributed by atoms with van der Waals surface area (Å²) in [4.78, 5) is 11.8. The maximum absolute atomic E-state index is 11.8. The van der Waals surface area contributed by atoms with Crippen LogP contribution in [0, 0.1) is 0 Å². The van der Waals surface area contributed by atoms with Crippen LogP contribution in [-0.2, 0) is 11.3 Å². The average Bonchev–Trinajstić information content (AvgIpc) is 2.55. The number of aliphatic hydroxyl groups is 1. The maximum Gasteiger partial charge on any atom is 0.407 e. The first-order chi connectivity index (χ1) is 11.7. The zero-order chi connectivity index (χ0) is 19.0. The third-order valence-electron chi connectivity index (χ3n) is 3.67. The second kappa shape index (κ2) is 9.30. The van der Waals surface area contributed by atoms with Crippen LogP contribution in [-0.4, -0.2) is 16.8 Å². The minimum atomic E-state index is -0.517. The number of alkyl carbamates (subject to hydrolysis) is 1. The van der Waals surface area contributed by atoms with E-state index >= 15 is 0 Å². The van der Waals surface area contributed by atoms with Crippen molar-refractivity contribution < 1.29 is 14.6 Å². The van der Waals surface area contributed by atoms with E-state index in [1.165, 1.54) is 5.57 Å². The first-order valence-electron chi connectivity index (χ1n) is 8.81. The molecule has 0 aliphatic heterocycles. The Balaban J connectivity index is 2.97. The maximum atomic E-state index is 11.8. The van der Waals surface area contributed by atoms with Crippen LogP contribution in [0.5, 0.6) is 0 Å². The largest absolute Gasteiger partial charge is 0.512 e. The van der Waals surface area contributed by atoms with Crippen LogP contribution < -0.4 is 5.32 Å². The zero-order valence-electron chi connectivity index (χ0n) is 16.3. The molecule has 1 aromatic rings. The molecule has 0 aromatic heterocycles. The number of hydrogen-bond acceptors (Lipinski definition) is 3. The Kier molecular flexibility index (Phi) is 7.75. The Morgan fingerprint density at radius 1 is 1.24 bits per heavy atom. The molecule has 138 valence electrons. The molecule has 0 saturated heterocycles. The molecule has 1 rings (SSSR count). The Morgan fingerprint density at radius 3 is 2.48 bits per heavy atom. The number of hydrogen-bond donors (Lipinski definition) is 2. The second-order valence-electron chi connectivity index (χ2n) is 7.11. The van der Waals surface area contributed by atoms with E-state index in [4.69, 9.17) is 4.74 Å². The number of amides is 1. The summed E-state index contributed by atoms with van der Waals surface area (Å²) in [6.45, 7) is 11.9. The molecule has 1 amide bonds. The molecule has 0 spiro atoms. The third-order valence-corrected chi connectivity index (χ3v) is 3.67. The van der Waals surface area contributed by atoms with Crippen molar-refractivity contribution in [3.8, 4) is 0 Å². The molecule has 1 aromatic carbocycles. The predicted octanol–water partition coefficient (Wildman–Crippen LogP) is 5.75. The van der Waals surface area contributed by atoms with Gasteiger partial charge in [0, 0.05) is 18.5 Å². The second-order valence-corrected chi connectivity index (χ2v) is 7.11. The third kappa shape index (κ3) is 7.46. The van der Waals surface area contributed by atoms with Gasteiger partial charge in [0.25, 0.3) is 0 Å². The predicted molar refractivity (Wildman–Crippen MR) is 103 cm³/mol. The van der Waals surface area contributed by atoms with E-state index in [2.05, 4.69) is 19.2 Å². The first kappa shape index (κ1) is 20.8. The van der Waals surface area contributed by atoms with Crippen LogP contribution in [0.1, 0.15) is 65.5 Å². The standard InChI is InChI=1S/C21H31NO3/c1-7-15(3)12-18(19(23)8-2)17-11-9-10-16(13-17)14-22-20(24)25-21(4,5)6/h9-13,23H,7-8,14H2,1-6H3,(H,22,24)/b15-12?,19-18-. The van der Waals surface area contributed by atoms with E-state index < -0.39 is 11.7 Å². The number of rotatable bonds is 6. The summed E-state index contributed by atoms with van der Waals surface area (Å²) in [6, 6.07) is 7.83. The van der Waals surface area contributed by atoms with Crippen molar-refractivity contribution in [2.24, 2.45) is 0 Å². The monoisotopic (exact) mass is 345 g/mol. The van der Waals surface area contributed by atoms with Gasteiger partial charge in [-0.3, -0.25) is 0 Å². The first-order valence-corrected chi connectivity index (χ1v) is 8.81. The van der Waals surface area contributed by atoms with Crippen molar-refractivity contribution in [1.29, 1.82) is 0 Å². The van der Waals surface area contributed by atoms with Crippen LogP contribution in [0.15, 0.2) is 41.7 Å². The molecule has 0 heterocycles. The average molecular weight is 345 g/mol. The van der Waals surface area contributed by atoms with Crippen LogP contribution in [0.3, 0.4) is 0 Å². The van der Waals surface area contributed by atoms with Gasteiger partial charge in [-0.15, -0.1) is 0 Å². The molecule has 2 N–H and O–H groups in total. The number of carbonyl (C=O) groups is 1. The van der Waals surface area contributed by atoms with E-state index in [9.17, 15) is 9.90 Å². The highest BCUT2D eigenvalue weighted by molar-refractivity contribution is 5.76. The fraction of sp³-hybridized carbons (Fsp3) is 0.476. The fourth-order valence-electron chi connectivity index (χ4n) is 2.21. The van der Waals surface area contributed by atoms with Crippen molar-refractivity contribution in [2.45, 2.75) is 66.5 Å². The highest BCUT2D eigenvalue weighted by atomic mass is 16.6. The van der Waals surface area contributed by atoms with Crippen molar-refractivity contribution in [2.75, 3.05) is 0 Å². The summed E-state index contributed by atoms with van der Waals surface area (Å²) in [7, 11) is 0. The summed E-state index contributed by atoms with van der Waals surface area (Å²) in [5.74, 6) is 0.366. The van der Waals surface area contributed by atoms with Crippen LogP contribution in [0.4, 0.5) is 4.79 Å². The quantitative estimate of drug-likeness (QED) is 0.510. The molecule has 4 nitrogen and oxygen atoms in total. The lowest BCUT2D eigenvalue weighted by molar-refractivity contribution is 0.0523. The summed E-state index contributed by atoms with van der Waals surface area (Å²) < 4.78 is 5.25. The molecule has 0 radical (unpaired) electrons. The van der Waals surface area contributed by atoms with Crippen molar-refractivity contribution >= 4 is 11.7 Å². The summed E-state index contributed by atoms with van der Waals surface area (Å²) in [6.07, 6.45) is 3.09. The van der Waals surface area contributed by atoms with Gasteiger partial charge < -0.3 is 15.2 Å². The smallest absolute Gasteiger partial charge is 0.407 e. The molecular weight excluding hydrogens is 314 g/mol. The SMILES string of the molecule is CCC(C)=C/C(=C(/O)CC)c1cccc(CNC(=O)OC(C)(C)C)c1. The van der Waals surface area contributed by atoms with Crippen molar-refractivity contribution in [1.82, 2.24) is 5.32 Å². The van der Waals surface area contributed by atoms with Gasteiger partial charge in [0.2, 0.25) is 0 Å². The van der Waals surface area contributed by atoms with Gasteiger partial charge >= 0.3 is 6.09 Å². The van der Waals surface area contributed by atoms with Crippen LogP contribution >= 0.6 is 0 Å². The highest BCUT2D eigenvalue weighted by Gasteiger charge is 2.15. The normalized spacial score (nSPS) is 13.3. The number of nitrogens with one attached hydrogen (secondary N) is 1. The minimum Gasteiger partial charge on any atom is -0.512 e. The van der Waals surface area contributed by atoms with Gasteiger partial charge in [-0.25, -0.2) is 4.79 Å². The molecule has 0 aliphatic carbocycles. The van der Waals surface area contributed by atoms with E-state index in [0.717, 1.165) is 23.1 Å². The molecule has 0 atom stereocenters.